The lowest BCUT2D eigenvalue weighted by Crippen LogP contribution is -2.48. The largest absolute Gasteiger partial charge is 0.497 e. The molecule has 0 spiro atoms. The van der Waals surface area contributed by atoms with Gasteiger partial charge in [0.1, 0.15) is 18.1 Å². The zero-order valence-corrected chi connectivity index (χ0v) is 16.3. The number of anilines is 1. The number of methoxy groups -OCH3 is 1. The Labute approximate surface area is 168 Å². The number of aromatic nitrogens is 3. The molecule has 9 heteroatoms. The van der Waals surface area contributed by atoms with Crippen molar-refractivity contribution in [2.75, 3.05) is 25.5 Å². The van der Waals surface area contributed by atoms with Crippen molar-refractivity contribution < 1.29 is 18.3 Å². The summed E-state index contributed by atoms with van der Waals surface area (Å²) >= 11 is 0. The number of piperidine rings is 1. The van der Waals surface area contributed by atoms with E-state index in [0.717, 1.165) is 24.2 Å². The maximum atomic E-state index is 13.5. The van der Waals surface area contributed by atoms with E-state index in [1.54, 1.807) is 7.11 Å². The minimum absolute atomic E-state index is 0.0595. The van der Waals surface area contributed by atoms with Crippen LogP contribution in [0.15, 0.2) is 30.6 Å². The van der Waals surface area contributed by atoms with Gasteiger partial charge in [-0.15, -0.1) is 0 Å². The van der Waals surface area contributed by atoms with E-state index >= 15 is 0 Å². The fourth-order valence-electron chi connectivity index (χ4n) is 4.30. The lowest BCUT2D eigenvalue weighted by molar-refractivity contribution is -0.132. The van der Waals surface area contributed by atoms with Crippen LogP contribution in [0.25, 0.3) is 0 Å². The van der Waals surface area contributed by atoms with Crippen LogP contribution in [0, 0.1) is 5.92 Å². The molecule has 2 aliphatic rings. The van der Waals surface area contributed by atoms with Gasteiger partial charge in [0.05, 0.1) is 13.5 Å². The fraction of sp³-hybridized carbons (Fsp3) is 0.550. The van der Waals surface area contributed by atoms with E-state index < -0.39 is 12.5 Å². The number of nitrogens with one attached hydrogen (secondary N) is 1. The topological polar surface area (TPSA) is 72.3 Å². The molecule has 1 aromatic heterocycles. The van der Waals surface area contributed by atoms with Crippen molar-refractivity contribution in [2.45, 2.75) is 44.2 Å². The van der Waals surface area contributed by atoms with Gasteiger partial charge in [0.25, 0.3) is 6.43 Å². The highest BCUT2D eigenvalue weighted by Gasteiger charge is 2.38. The second-order valence-corrected chi connectivity index (χ2v) is 7.68. The highest BCUT2D eigenvalue weighted by Crippen LogP contribution is 2.35. The minimum atomic E-state index is -2.50. The molecule has 1 saturated heterocycles. The van der Waals surface area contributed by atoms with E-state index in [1.807, 2.05) is 29.2 Å². The Morgan fingerprint density at radius 3 is 2.86 bits per heavy atom. The number of carbonyl (C=O) groups excluding carboxylic acids is 1. The number of ether oxygens (including phenoxy) is 1. The van der Waals surface area contributed by atoms with Crippen molar-refractivity contribution in [1.29, 1.82) is 0 Å². The number of nitrogens with zero attached hydrogens (tertiary/aromatic N) is 4. The van der Waals surface area contributed by atoms with Gasteiger partial charge in [-0.2, -0.15) is 10.1 Å². The molecule has 0 saturated carbocycles. The van der Waals surface area contributed by atoms with Gasteiger partial charge in [-0.05, 0) is 42.9 Å². The minimum Gasteiger partial charge on any atom is -0.497 e. The first kappa shape index (κ1) is 19.6. The molecule has 3 heterocycles. The number of fused-ring (bicyclic) bond motifs is 1. The zero-order valence-electron chi connectivity index (χ0n) is 16.3. The van der Waals surface area contributed by atoms with Crippen LogP contribution in [0.3, 0.4) is 0 Å². The lowest BCUT2D eigenvalue weighted by Gasteiger charge is -2.40. The number of halogens is 2. The maximum Gasteiger partial charge on any atom is 0.260 e. The number of carbonyl (C=O) groups is 1. The Kier molecular flexibility index (Phi) is 5.64. The standard InChI is InChI=1S/C20H25F2N5O2/c1-29-15-6-4-13(5-7-15)9-18(28)26-8-2-3-14(11-26)16-10-17(19(21)22)27-20(25-16)23-12-24-27/h4-7,12,14,16-17,19H,2-3,8-11H2,1H3,(H,23,24,25)/t14?,16-,17+/m0/s1. The van der Waals surface area contributed by atoms with Crippen molar-refractivity contribution in [3.8, 4) is 5.75 Å². The number of alkyl halides is 2. The van der Waals surface area contributed by atoms with Crippen LogP contribution in [-0.2, 0) is 11.2 Å². The van der Waals surface area contributed by atoms with Gasteiger partial charge in [-0.3, -0.25) is 4.79 Å². The van der Waals surface area contributed by atoms with Crippen LogP contribution >= 0.6 is 0 Å². The van der Waals surface area contributed by atoms with E-state index in [1.165, 1.54) is 11.0 Å². The van der Waals surface area contributed by atoms with Gasteiger partial charge in [0, 0.05) is 19.1 Å². The molecule has 0 aliphatic carbocycles. The summed E-state index contributed by atoms with van der Waals surface area (Å²) in [6.07, 6.45) is 1.15. The Balaban J connectivity index is 1.41. The molecule has 156 valence electrons. The number of hydrogen-bond donors (Lipinski definition) is 1. The molecule has 2 aliphatic heterocycles. The summed E-state index contributed by atoms with van der Waals surface area (Å²) in [6, 6.07) is 6.33. The monoisotopic (exact) mass is 405 g/mol. The number of amides is 1. The van der Waals surface area contributed by atoms with E-state index in [9.17, 15) is 13.6 Å². The quantitative estimate of drug-likeness (QED) is 0.828. The molecule has 1 N–H and O–H groups in total. The third-order valence-corrected chi connectivity index (χ3v) is 5.88. The van der Waals surface area contributed by atoms with Crippen LogP contribution < -0.4 is 10.1 Å². The highest BCUT2D eigenvalue weighted by molar-refractivity contribution is 5.79. The molecule has 3 atom stereocenters. The average Bonchev–Trinajstić information content (AvgIpc) is 3.22. The predicted octanol–water partition coefficient (Wildman–Crippen LogP) is 2.76. The van der Waals surface area contributed by atoms with Crippen molar-refractivity contribution in [2.24, 2.45) is 5.92 Å². The van der Waals surface area contributed by atoms with Gasteiger partial charge >= 0.3 is 0 Å². The summed E-state index contributed by atoms with van der Waals surface area (Å²) < 4.78 is 33.5. The first-order valence-corrected chi connectivity index (χ1v) is 9.90. The van der Waals surface area contributed by atoms with Crippen molar-refractivity contribution >= 4 is 11.9 Å². The normalized spacial score (nSPS) is 24.1. The molecule has 2 aromatic rings. The smallest absolute Gasteiger partial charge is 0.260 e. The molecule has 1 fully saturated rings. The zero-order chi connectivity index (χ0) is 20.4. The number of rotatable bonds is 5. The van der Waals surface area contributed by atoms with Gasteiger partial charge in [-0.25, -0.2) is 13.5 Å². The van der Waals surface area contributed by atoms with Crippen LogP contribution in [0.1, 0.15) is 30.9 Å². The van der Waals surface area contributed by atoms with E-state index in [0.29, 0.717) is 25.5 Å². The fourth-order valence-corrected chi connectivity index (χ4v) is 4.30. The Morgan fingerprint density at radius 2 is 2.14 bits per heavy atom. The molecule has 1 unspecified atom stereocenters. The third-order valence-electron chi connectivity index (χ3n) is 5.88. The van der Waals surface area contributed by atoms with Gasteiger partial charge in [-0.1, -0.05) is 12.1 Å². The number of hydrogen-bond acceptors (Lipinski definition) is 5. The molecule has 4 rings (SSSR count). The summed E-state index contributed by atoms with van der Waals surface area (Å²) in [5, 5.41) is 7.19. The van der Waals surface area contributed by atoms with Crippen LogP contribution in [0.4, 0.5) is 14.7 Å². The summed E-state index contributed by atoms with van der Waals surface area (Å²) in [5.41, 5.74) is 0.930. The third kappa shape index (κ3) is 4.18. The first-order valence-electron chi connectivity index (χ1n) is 9.90. The summed E-state index contributed by atoms with van der Waals surface area (Å²) in [6.45, 7) is 1.27. The van der Waals surface area contributed by atoms with Crippen molar-refractivity contribution in [1.82, 2.24) is 19.7 Å². The molecule has 0 radical (unpaired) electrons. The second kappa shape index (κ2) is 8.34. The van der Waals surface area contributed by atoms with Gasteiger partial charge in [0.2, 0.25) is 11.9 Å². The van der Waals surface area contributed by atoms with E-state index in [-0.39, 0.29) is 24.3 Å². The number of likely N-dealkylation sites (tertiary alicyclic amines) is 1. The van der Waals surface area contributed by atoms with Crippen LogP contribution in [-0.4, -0.2) is 58.2 Å². The van der Waals surface area contributed by atoms with Gasteiger partial charge < -0.3 is 15.0 Å². The van der Waals surface area contributed by atoms with Crippen molar-refractivity contribution in [3.05, 3.63) is 36.2 Å². The predicted molar refractivity (Wildman–Crippen MR) is 103 cm³/mol. The molecule has 0 bridgehead atoms. The summed E-state index contributed by atoms with van der Waals surface area (Å²) in [7, 11) is 1.61. The molecule has 1 amide bonds. The van der Waals surface area contributed by atoms with Gasteiger partial charge in [0.15, 0.2) is 0 Å². The molecule has 29 heavy (non-hydrogen) atoms. The molecule has 7 nitrogen and oxygen atoms in total. The van der Waals surface area contributed by atoms with E-state index in [2.05, 4.69) is 15.4 Å². The van der Waals surface area contributed by atoms with E-state index in [4.69, 9.17) is 4.74 Å². The lowest BCUT2D eigenvalue weighted by atomic mass is 9.86. The van der Waals surface area contributed by atoms with Crippen molar-refractivity contribution in [3.63, 3.8) is 0 Å². The Hall–Kier alpha value is -2.71. The Morgan fingerprint density at radius 1 is 1.34 bits per heavy atom. The highest BCUT2D eigenvalue weighted by atomic mass is 19.3. The molecular formula is C20H25F2N5O2. The first-order chi connectivity index (χ1) is 14.0. The second-order valence-electron chi connectivity index (χ2n) is 7.68. The van der Waals surface area contributed by atoms with Crippen LogP contribution in [0.5, 0.6) is 5.75 Å². The SMILES string of the molecule is COc1ccc(CC(=O)N2CCCC([C@@H]3C[C@H](C(F)F)n4ncnc4N3)C2)cc1. The summed E-state index contributed by atoms with van der Waals surface area (Å²) in [4.78, 5) is 18.7. The van der Waals surface area contributed by atoms with Crippen LogP contribution in [0.2, 0.25) is 0 Å². The number of benzene rings is 1. The molecule has 1 aromatic carbocycles. The Bertz CT molecular complexity index is 842. The molecular weight excluding hydrogens is 380 g/mol. The average molecular weight is 405 g/mol. The summed E-state index contributed by atoms with van der Waals surface area (Å²) in [5.74, 6) is 1.30. The maximum absolute atomic E-state index is 13.5.